The molecule has 0 aromatic heterocycles. The Morgan fingerprint density at radius 3 is 2.54 bits per heavy atom. The molecule has 35 heavy (non-hydrogen) atoms. The number of benzene rings is 3. The quantitative estimate of drug-likeness (QED) is 0.149. The summed E-state index contributed by atoms with van der Waals surface area (Å²) in [6, 6.07) is 14.2. The number of esters is 1. The number of nitro groups is 1. The van der Waals surface area contributed by atoms with E-state index >= 15 is 0 Å². The van der Waals surface area contributed by atoms with Crippen LogP contribution >= 0.6 is 34.8 Å². The highest BCUT2D eigenvalue weighted by Gasteiger charge is 2.27. The number of non-ortho nitro benzene ring substituents is 1. The first-order valence-corrected chi connectivity index (χ1v) is 11.1. The molecule has 178 valence electrons. The zero-order chi connectivity index (χ0) is 25.1. The average molecular weight is 534 g/mol. The van der Waals surface area contributed by atoms with Crippen molar-refractivity contribution < 1.29 is 23.9 Å². The Labute approximate surface area is 214 Å². The Morgan fingerprint density at radius 2 is 1.83 bits per heavy atom. The van der Waals surface area contributed by atoms with E-state index in [9.17, 15) is 14.9 Å². The molecule has 0 spiro atoms. The first kappa shape index (κ1) is 24.5. The van der Waals surface area contributed by atoms with Gasteiger partial charge in [-0.05, 0) is 35.9 Å². The monoisotopic (exact) mass is 532 g/mol. The molecule has 0 bridgehead atoms. The van der Waals surface area contributed by atoms with E-state index in [1.54, 1.807) is 18.2 Å². The number of hydrogen-bond acceptors (Lipinski definition) is 7. The van der Waals surface area contributed by atoms with Crippen molar-refractivity contribution in [3.8, 4) is 11.5 Å². The molecule has 0 fully saturated rings. The van der Waals surface area contributed by atoms with Crippen LogP contribution in [0.15, 0.2) is 65.3 Å². The standard InChI is InChI=1S/C24H15Cl3N2O6/c1-33-21-10-13(8-19(27)22(21)34-12-14-4-2-3-5-17(14)25)9-20-24(30)35-23(28-20)16-11-15(29(31)32)6-7-18(16)26/h2-11H,12H2,1H3. The average Bonchev–Trinajstić information content (AvgIpc) is 3.18. The summed E-state index contributed by atoms with van der Waals surface area (Å²) in [6.07, 6.45) is 1.44. The maximum atomic E-state index is 12.4. The number of rotatable bonds is 7. The van der Waals surface area contributed by atoms with Crippen molar-refractivity contribution in [1.82, 2.24) is 0 Å². The molecule has 0 radical (unpaired) electrons. The lowest BCUT2D eigenvalue weighted by molar-refractivity contribution is -0.384. The van der Waals surface area contributed by atoms with E-state index in [4.69, 9.17) is 49.0 Å². The second-order valence-corrected chi connectivity index (χ2v) is 8.39. The fourth-order valence-electron chi connectivity index (χ4n) is 3.20. The molecule has 0 aliphatic carbocycles. The maximum absolute atomic E-state index is 12.4. The van der Waals surface area contributed by atoms with Crippen LogP contribution in [0.25, 0.3) is 6.08 Å². The maximum Gasteiger partial charge on any atom is 0.363 e. The van der Waals surface area contributed by atoms with E-state index in [-0.39, 0.29) is 39.5 Å². The lowest BCUT2D eigenvalue weighted by atomic mass is 10.1. The minimum absolute atomic E-state index is 0.0505. The van der Waals surface area contributed by atoms with Crippen molar-refractivity contribution in [3.05, 3.63) is 102 Å². The van der Waals surface area contributed by atoms with Gasteiger partial charge in [-0.2, -0.15) is 0 Å². The van der Waals surface area contributed by atoms with Gasteiger partial charge in [0.25, 0.3) is 5.69 Å². The van der Waals surface area contributed by atoms with E-state index < -0.39 is 10.9 Å². The Kier molecular flexibility index (Phi) is 7.25. The molecule has 0 N–H and O–H groups in total. The zero-order valence-electron chi connectivity index (χ0n) is 18.0. The second kappa shape index (κ2) is 10.4. The first-order valence-electron chi connectivity index (χ1n) is 9.97. The van der Waals surface area contributed by atoms with Gasteiger partial charge >= 0.3 is 5.97 Å². The molecule has 1 aliphatic rings. The summed E-state index contributed by atoms with van der Waals surface area (Å²) in [5.74, 6) is -0.268. The topological polar surface area (TPSA) is 100 Å². The third-order valence-corrected chi connectivity index (χ3v) is 5.88. The lowest BCUT2D eigenvalue weighted by Gasteiger charge is -2.14. The third kappa shape index (κ3) is 5.40. The van der Waals surface area contributed by atoms with Gasteiger partial charge in [0, 0.05) is 22.7 Å². The van der Waals surface area contributed by atoms with Crippen molar-refractivity contribution in [1.29, 1.82) is 0 Å². The molecule has 0 saturated heterocycles. The van der Waals surface area contributed by atoms with Gasteiger partial charge in [0.15, 0.2) is 17.2 Å². The van der Waals surface area contributed by atoms with Crippen molar-refractivity contribution in [2.75, 3.05) is 7.11 Å². The van der Waals surface area contributed by atoms with Gasteiger partial charge in [-0.3, -0.25) is 10.1 Å². The summed E-state index contributed by atoms with van der Waals surface area (Å²) >= 11 is 18.7. The predicted molar refractivity (Wildman–Crippen MR) is 133 cm³/mol. The van der Waals surface area contributed by atoms with Crippen LogP contribution in [0.5, 0.6) is 11.5 Å². The molecular formula is C24H15Cl3N2O6. The molecule has 3 aromatic rings. The van der Waals surface area contributed by atoms with Crippen LogP contribution in [0, 0.1) is 10.1 Å². The van der Waals surface area contributed by atoms with E-state index in [1.807, 2.05) is 18.2 Å². The number of nitrogens with zero attached hydrogens (tertiary/aromatic N) is 2. The SMILES string of the molecule is COc1cc(C=C2N=C(c3cc([N+](=O)[O-])ccc3Cl)OC2=O)cc(Cl)c1OCc1ccccc1Cl. The summed E-state index contributed by atoms with van der Waals surface area (Å²) in [7, 11) is 1.45. The summed E-state index contributed by atoms with van der Waals surface area (Å²) < 4.78 is 16.4. The van der Waals surface area contributed by atoms with Crippen LogP contribution in [0.3, 0.4) is 0 Å². The smallest absolute Gasteiger partial charge is 0.363 e. The van der Waals surface area contributed by atoms with Crippen LogP contribution in [-0.4, -0.2) is 23.9 Å². The lowest BCUT2D eigenvalue weighted by Crippen LogP contribution is -2.06. The molecule has 3 aromatic carbocycles. The number of methoxy groups -OCH3 is 1. The third-order valence-electron chi connectivity index (χ3n) is 4.90. The van der Waals surface area contributed by atoms with Gasteiger partial charge in [0.1, 0.15) is 6.61 Å². The fraction of sp³-hybridized carbons (Fsp3) is 0.0833. The van der Waals surface area contributed by atoms with E-state index in [2.05, 4.69) is 4.99 Å². The van der Waals surface area contributed by atoms with Crippen LogP contribution in [-0.2, 0) is 16.1 Å². The van der Waals surface area contributed by atoms with Crippen LogP contribution in [0.2, 0.25) is 15.1 Å². The van der Waals surface area contributed by atoms with E-state index in [0.29, 0.717) is 22.1 Å². The van der Waals surface area contributed by atoms with E-state index in [1.165, 1.54) is 31.4 Å². The molecule has 0 unspecified atom stereocenters. The Balaban J connectivity index is 1.63. The molecule has 0 saturated carbocycles. The molecular weight excluding hydrogens is 519 g/mol. The van der Waals surface area contributed by atoms with Gasteiger partial charge in [-0.1, -0.05) is 53.0 Å². The molecule has 1 heterocycles. The van der Waals surface area contributed by atoms with Crippen molar-refractivity contribution in [2.24, 2.45) is 4.99 Å². The number of halogens is 3. The number of ether oxygens (including phenoxy) is 3. The molecule has 0 amide bonds. The summed E-state index contributed by atoms with van der Waals surface area (Å²) in [5.41, 5.74) is 1.11. The number of aliphatic imine (C=N–C) groups is 1. The minimum Gasteiger partial charge on any atom is -0.493 e. The van der Waals surface area contributed by atoms with Crippen LogP contribution < -0.4 is 9.47 Å². The first-order chi connectivity index (χ1) is 16.8. The van der Waals surface area contributed by atoms with Crippen molar-refractivity contribution in [2.45, 2.75) is 6.61 Å². The predicted octanol–water partition coefficient (Wildman–Crippen LogP) is 6.49. The van der Waals surface area contributed by atoms with Gasteiger partial charge < -0.3 is 14.2 Å². The molecule has 11 heteroatoms. The normalized spacial score (nSPS) is 14.0. The molecule has 4 rings (SSSR count). The molecule has 8 nitrogen and oxygen atoms in total. The molecule has 1 aliphatic heterocycles. The highest BCUT2D eigenvalue weighted by molar-refractivity contribution is 6.34. The van der Waals surface area contributed by atoms with Crippen molar-refractivity contribution >= 4 is 58.4 Å². The van der Waals surface area contributed by atoms with Gasteiger partial charge in [-0.15, -0.1) is 0 Å². The van der Waals surface area contributed by atoms with Gasteiger partial charge in [0.2, 0.25) is 5.90 Å². The summed E-state index contributed by atoms with van der Waals surface area (Å²) in [4.78, 5) is 27.1. The minimum atomic E-state index is -0.753. The van der Waals surface area contributed by atoms with Gasteiger partial charge in [-0.25, -0.2) is 9.79 Å². The molecule has 0 atom stereocenters. The fourth-order valence-corrected chi connectivity index (χ4v) is 3.86. The Morgan fingerprint density at radius 1 is 1.06 bits per heavy atom. The number of hydrogen-bond donors (Lipinski definition) is 0. The largest absolute Gasteiger partial charge is 0.493 e. The van der Waals surface area contributed by atoms with Gasteiger partial charge in [0.05, 0.1) is 27.6 Å². The Bertz CT molecular complexity index is 1400. The number of carbonyl (C=O) groups excluding carboxylic acids is 1. The highest BCUT2D eigenvalue weighted by atomic mass is 35.5. The zero-order valence-corrected chi connectivity index (χ0v) is 20.2. The highest BCUT2D eigenvalue weighted by Crippen LogP contribution is 2.38. The Hall–Kier alpha value is -3.59. The second-order valence-electron chi connectivity index (χ2n) is 7.17. The number of cyclic esters (lactones) is 1. The number of carbonyl (C=O) groups is 1. The summed E-state index contributed by atoms with van der Waals surface area (Å²) in [5, 5.41) is 12.0. The van der Waals surface area contributed by atoms with Crippen LogP contribution in [0.4, 0.5) is 5.69 Å². The van der Waals surface area contributed by atoms with Crippen molar-refractivity contribution in [3.63, 3.8) is 0 Å². The summed E-state index contributed by atoms with van der Waals surface area (Å²) in [6.45, 7) is 0.167. The van der Waals surface area contributed by atoms with E-state index in [0.717, 1.165) is 5.56 Å². The number of nitro benzene ring substituents is 1. The van der Waals surface area contributed by atoms with Crippen LogP contribution in [0.1, 0.15) is 16.7 Å².